The molecule has 0 aliphatic carbocycles. The van der Waals surface area contributed by atoms with E-state index in [1.807, 2.05) is 24.3 Å². The van der Waals surface area contributed by atoms with E-state index in [9.17, 15) is 4.79 Å². The fourth-order valence-electron chi connectivity index (χ4n) is 1.87. The third kappa shape index (κ3) is 4.40. The Balaban J connectivity index is 1.65. The number of methoxy groups -OCH3 is 1. The fraction of sp³-hybridized carbons (Fsp3) is 0.500. The van der Waals surface area contributed by atoms with Crippen LogP contribution in [0, 0.1) is 0 Å². The third-order valence-electron chi connectivity index (χ3n) is 2.85. The number of carbonyl (C=O) groups excluding carboxylic acids is 1. The Hall–Kier alpha value is -1.79. The highest BCUT2D eigenvalue weighted by molar-refractivity contribution is 5.77. The summed E-state index contributed by atoms with van der Waals surface area (Å²) in [4.78, 5) is 11.5. The van der Waals surface area contributed by atoms with Crippen molar-refractivity contribution in [3.63, 3.8) is 0 Å². The standard InChI is InChI=1S/C14H20N2O4/c1-18-7-6-16-14(17)9-15-8-11-10-19-12-4-2-3-5-13(12)20-11/h2-5,11,15H,6-10H2,1H3,(H,16,17)/t11-/m0/s1. The first-order chi connectivity index (χ1) is 9.79. The SMILES string of the molecule is COCCNC(=O)CNC[C@H]1COc2ccccc2O1. The molecule has 0 aromatic heterocycles. The van der Waals surface area contributed by atoms with Crippen molar-refractivity contribution < 1.29 is 19.0 Å². The Kier molecular flexibility index (Phi) is 5.64. The molecular formula is C14H20N2O4. The van der Waals surface area contributed by atoms with Gasteiger partial charge in [-0.1, -0.05) is 12.1 Å². The molecule has 2 rings (SSSR count). The number of nitrogens with one attached hydrogen (secondary N) is 2. The van der Waals surface area contributed by atoms with Crippen LogP contribution in [0.1, 0.15) is 0 Å². The minimum atomic E-state index is -0.0864. The van der Waals surface area contributed by atoms with Gasteiger partial charge in [0.1, 0.15) is 12.7 Å². The molecule has 6 heteroatoms. The van der Waals surface area contributed by atoms with Gasteiger partial charge in [-0.05, 0) is 12.1 Å². The van der Waals surface area contributed by atoms with E-state index in [2.05, 4.69) is 10.6 Å². The van der Waals surface area contributed by atoms with E-state index in [0.717, 1.165) is 11.5 Å². The van der Waals surface area contributed by atoms with Crippen LogP contribution in [0.3, 0.4) is 0 Å². The lowest BCUT2D eigenvalue weighted by atomic mass is 10.2. The summed E-state index contributed by atoms with van der Waals surface area (Å²) in [6.45, 7) is 2.34. The lowest BCUT2D eigenvalue weighted by molar-refractivity contribution is -0.120. The molecule has 0 radical (unpaired) electrons. The summed E-state index contributed by atoms with van der Waals surface area (Å²) >= 11 is 0. The molecule has 0 saturated heterocycles. The number of hydrogen-bond donors (Lipinski definition) is 2. The van der Waals surface area contributed by atoms with Gasteiger partial charge >= 0.3 is 0 Å². The zero-order chi connectivity index (χ0) is 14.2. The summed E-state index contributed by atoms with van der Waals surface area (Å²) in [5.74, 6) is 1.45. The van der Waals surface area contributed by atoms with Gasteiger partial charge in [0, 0.05) is 20.2 Å². The van der Waals surface area contributed by atoms with Gasteiger partial charge in [0.05, 0.1) is 13.2 Å². The molecule has 2 N–H and O–H groups in total. The van der Waals surface area contributed by atoms with Crippen LogP contribution < -0.4 is 20.1 Å². The number of carbonyl (C=O) groups is 1. The van der Waals surface area contributed by atoms with Crippen LogP contribution >= 0.6 is 0 Å². The predicted molar refractivity (Wildman–Crippen MR) is 74.1 cm³/mol. The molecule has 1 aromatic rings. The average molecular weight is 280 g/mol. The summed E-state index contributed by atoms with van der Waals surface area (Å²) in [6.07, 6.45) is -0.0864. The summed E-state index contributed by atoms with van der Waals surface area (Å²) in [5, 5.41) is 5.79. The molecule has 1 aromatic carbocycles. The van der Waals surface area contributed by atoms with Crippen molar-refractivity contribution in [1.82, 2.24) is 10.6 Å². The summed E-state index contributed by atoms with van der Waals surface area (Å²) in [5.41, 5.74) is 0. The Morgan fingerprint density at radius 3 is 3.00 bits per heavy atom. The lowest BCUT2D eigenvalue weighted by Crippen LogP contribution is -2.42. The number of rotatable bonds is 7. The number of benzene rings is 1. The van der Waals surface area contributed by atoms with E-state index in [4.69, 9.17) is 14.2 Å². The van der Waals surface area contributed by atoms with Crippen molar-refractivity contribution in [2.75, 3.05) is 40.0 Å². The largest absolute Gasteiger partial charge is 0.486 e. The van der Waals surface area contributed by atoms with E-state index in [-0.39, 0.29) is 18.6 Å². The monoisotopic (exact) mass is 280 g/mol. The summed E-state index contributed by atoms with van der Waals surface area (Å²) in [7, 11) is 1.60. The van der Waals surface area contributed by atoms with Gasteiger partial charge in [0.2, 0.25) is 5.91 Å². The first-order valence-corrected chi connectivity index (χ1v) is 6.64. The van der Waals surface area contributed by atoms with E-state index < -0.39 is 0 Å². The third-order valence-corrected chi connectivity index (χ3v) is 2.85. The van der Waals surface area contributed by atoms with Crippen LogP contribution in [0.15, 0.2) is 24.3 Å². The highest BCUT2D eigenvalue weighted by atomic mass is 16.6. The molecular weight excluding hydrogens is 260 g/mol. The molecule has 1 aliphatic rings. The Morgan fingerprint density at radius 2 is 2.20 bits per heavy atom. The highest BCUT2D eigenvalue weighted by Gasteiger charge is 2.20. The van der Waals surface area contributed by atoms with E-state index in [1.165, 1.54) is 0 Å². The van der Waals surface area contributed by atoms with Gasteiger partial charge in [-0.25, -0.2) is 0 Å². The van der Waals surface area contributed by atoms with Crippen molar-refractivity contribution in [2.24, 2.45) is 0 Å². The molecule has 1 heterocycles. The first-order valence-electron chi connectivity index (χ1n) is 6.64. The van der Waals surface area contributed by atoms with Gasteiger partial charge in [-0.3, -0.25) is 4.79 Å². The van der Waals surface area contributed by atoms with Gasteiger partial charge in [-0.15, -0.1) is 0 Å². The quantitative estimate of drug-likeness (QED) is 0.697. The number of para-hydroxylation sites is 2. The van der Waals surface area contributed by atoms with Crippen molar-refractivity contribution in [1.29, 1.82) is 0 Å². The van der Waals surface area contributed by atoms with Crippen molar-refractivity contribution in [3.05, 3.63) is 24.3 Å². The molecule has 1 atom stereocenters. The molecule has 0 fully saturated rings. The van der Waals surface area contributed by atoms with Crippen LogP contribution in [0.4, 0.5) is 0 Å². The maximum absolute atomic E-state index is 11.5. The maximum Gasteiger partial charge on any atom is 0.234 e. The Morgan fingerprint density at radius 1 is 1.40 bits per heavy atom. The molecule has 110 valence electrons. The first kappa shape index (κ1) is 14.6. The van der Waals surface area contributed by atoms with Crippen molar-refractivity contribution in [3.8, 4) is 11.5 Å². The van der Waals surface area contributed by atoms with Crippen molar-refractivity contribution in [2.45, 2.75) is 6.10 Å². The van der Waals surface area contributed by atoms with Gasteiger partial charge in [-0.2, -0.15) is 0 Å². The maximum atomic E-state index is 11.5. The molecule has 1 amide bonds. The van der Waals surface area contributed by atoms with Crippen LogP contribution in [-0.2, 0) is 9.53 Å². The number of amides is 1. The van der Waals surface area contributed by atoms with E-state index in [0.29, 0.717) is 26.3 Å². The number of fused-ring (bicyclic) bond motifs is 1. The molecule has 1 aliphatic heterocycles. The van der Waals surface area contributed by atoms with Crippen LogP contribution in [0.5, 0.6) is 11.5 Å². The summed E-state index contributed by atoms with van der Waals surface area (Å²) < 4.78 is 16.2. The van der Waals surface area contributed by atoms with Gasteiger partial charge < -0.3 is 24.8 Å². The van der Waals surface area contributed by atoms with Crippen LogP contribution in [0.25, 0.3) is 0 Å². The number of ether oxygens (including phenoxy) is 3. The average Bonchev–Trinajstić information content (AvgIpc) is 2.47. The van der Waals surface area contributed by atoms with Crippen LogP contribution in [0.2, 0.25) is 0 Å². The second-order valence-corrected chi connectivity index (χ2v) is 4.47. The van der Waals surface area contributed by atoms with E-state index in [1.54, 1.807) is 7.11 Å². The topological polar surface area (TPSA) is 68.8 Å². The predicted octanol–water partition coefficient (Wildman–Crippen LogP) is 0.179. The second kappa shape index (κ2) is 7.72. The molecule has 0 bridgehead atoms. The van der Waals surface area contributed by atoms with Crippen molar-refractivity contribution >= 4 is 5.91 Å². The molecule has 6 nitrogen and oxygen atoms in total. The zero-order valence-corrected chi connectivity index (χ0v) is 11.6. The minimum Gasteiger partial charge on any atom is -0.486 e. The molecule has 20 heavy (non-hydrogen) atoms. The van der Waals surface area contributed by atoms with Gasteiger partial charge in [0.25, 0.3) is 0 Å². The minimum absolute atomic E-state index is 0.0563. The smallest absolute Gasteiger partial charge is 0.234 e. The lowest BCUT2D eigenvalue weighted by Gasteiger charge is -2.26. The van der Waals surface area contributed by atoms with Crippen LogP contribution in [-0.4, -0.2) is 52.0 Å². The van der Waals surface area contributed by atoms with E-state index >= 15 is 0 Å². The second-order valence-electron chi connectivity index (χ2n) is 4.47. The Bertz CT molecular complexity index is 439. The number of hydrogen-bond acceptors (Lipinski definition) is 5. The molecule has 0 unspecified atom stereocenters. The Labute approximate surface area is 118 Å². The zero-order valence-electron chi connectivity index (χ0n) is 11.6. The molecule has 0 spiro atoms. The summed E-state index contributed by atoms with van der Waals surface area (Å²) in [6, 6.07) is 7.56. The molecule has 0 saturated carbocycles. The fourth-order valence-corrected chi connectivity index (χ4v) is 1.87. The van der Waals surface area contributed by atoms with Gasteiger partial charge in [0.15, 0.2) is 11.5 Å². The highest BCUT2D eigenvalue weighted by Crippen LogP contribution is 2.30. The normalized spacial score (nSPS) is 16.8.